The molecule has 3 aliphatic heterocycles. The van der Waals surface area contributed by atoms with E-state index in [9.17, 15) is 15.0 Å². The van der Waals surface area contributed by atoms with E-state index in [0.717, 1.165) is 5.57 Å². The van der Waals surface area contributed by atoms with Crippen LogP contribution in [0.3, 0.4) is 0 Å². The van der Waals surface area contributed by atoms with E-state index in [4.69, 9.17) is 33.2 Å². The lowest BCUT2D eigenvalue weighted by Crippen LogP contribution is -2.62. The van der Waals surface area contributed by atoms with Gasteiger partial charge in [-0.3, -0.25) is 4.79 Å². The van der Waals surface area contributed by atoms with E-state index < -0.39 is 66.7 Å². The average Bonchev–Trinajstić information content (AvgIpc) is 2.90. The molecule has 228 valence electrons. The van der Waals surface area contributed by atoms with Crippen molar-refractivity contribution in [3.8, 4) is 0 Å². The van der Waals surface area contributed by atoms with Crippen LogP contribution in [0.2, 0.25) is 0 Å². The Kier molecular flexibility index (Phi) is 12.4. The normalized spacial score (nSPS) is 45.0. The standard InChI is InChI=1S/C29H45BrO10/c1-16-12-20(10-8-9-11-30)38-27(32)18(3)29(33)15-23(17(2)22(40-29)14-21(13-16)34-5)39-28-26(36-7)24(31)25(35-6)19(4)37-28/h8-11,13,17-26,28,31,33H,12,14-15H2,1-7H3/b10-8+,11-9+,16-13+/t17-,18+,19-,20-,21+,22+,23-,24+,25-,26+,28-,29-/m0/s1. The number of esters is 1. The quantitative estimate of drug-likeness (QED) is 0.245. The number of cyclic esters (lactones) is 1. The van der Waals surface area contributed by atoms with Gasteiger partial charge in [-0.25, -0.2) is 0 Å². The predicted molar refractivity (Wildman–Crippen MR) is 150 cm³/mol. The van der Waals surface area contributed by atoms with Crippen LogP contribution in [0.25, 0.3) is 0 Å². The SMILES string of the molecule is CO[C@@H]1[C@@H](O)[C@@H](OC)[C@H](O[C@H]2C[C@]3(O)O[C@H](C[C@H](OC)/C=C(\C)C[C@H](/C=C/C=C/Br)OC(=O)[C@H]3C)[C@@H]2C)O[C@H]1C. The van der Waals surface area contributed by atoms with Crippen molar-refractivity contribution in [3.05, 3.63) is 34.9 Å². The fourth-order valence-corrected chi connectivity index (χ4v) is 5.85. The molecule has 11 heteroatoms. The Morgan fingerprint density at radius 2 is 1.80 bits per heavy atom. The van der Waals surface area contributed by atoms with E-state index in [-0.39, 0.29) is 18.4 Å². The van der Waals surface area contributed by atoms with E-state index >= 15 is 0 Å². The predicted octanol–water partition coefficient (Wildman–Crippen LogP) is 3.39. The van der Waals surface area contributed by atoms with Crippen molar-refractivity contribution in [3.63, 3.8) is 0 Å². The lowest BCUT2D eigenvalue weighted by molar-refractivity contribution is -0.354. The summed E-state index contributed by atoms with van der Waals surface area (Å²) in [6, 6.07) is 0. The number of methoxy groups -OCH3 is 3. The van der Waals surface area contributed by atoms with Crippen LogP contribution in [0.5, 0.6) is 0 Å². The summed E-state index contributed by atoms with van der Waals surface area (Å²) in [4.78, 5) is 15.0. The van der Waals surface area contributed by atoms with Crippen LogP contribution in [-0.4, -0.2) is 98.4 Å². The van der Waals surface area contributed by atoms with Crippen molar-refractivity contribution < 1.29 is 48.2 Å². The molecule has 0 unspecified atom stereocenters. The second kappa shape index (κ2) is 14.8. The van der Waals surface area contributed by atoms with Crippen LogP contribution in [0.1, 0.15) is 47.0 Å². The number of aliphatic hydroxyl groups is 2. The van der Waals surface area contributed by atoms with Crippen molar-refractivity contribution in [2.24, 2.45) is 11.8 Å². The molecule has 0 amide bonds. The Labute approximate surface area is 245 Å². The van der Waals surface area contributed by atoms with Crippen LogP contribution in [0.4, 0.5) is 0 Å². The zero-order valence-corrected chi connectivity index (χ0v) is 26.0. The van der Waals surface area contributed by atoms with E-state index in [1.54, 1.807) is 44.2 Å². The molecule has 3 rings (SSSR count). The summed E-state index contributed by atoms with van der Waals surface area (Å²) in [7, 11) is 4.60. The van der Waals surface area contributed by atoms with Crippen LogP contribution < -0.4 is 0 Å². The highest BCUT2D eigenvalue weighted by atomic mass is 79.9. The number of aliphatic hydroxyl groups excluding tert-OH is 1. The monoisotopic (exact) mass is 632 g/mol. The summed E-state index contributed by atoms with van der Waals surface area (Å²) in [5, 5.41) is 22.7. The number of hydrogen-bond acceptors (Lipinski definition) is 10. The molecular formula is C29H45BrO10. The fraction of sp³-hybridized carbons (Fsp3) is 0.759. The maximum absolute atomic E-state index is 13.3. The maximum Gasteiger partial charge on any atom is 0.314 e. The van der Waals surface area contributed by atoms with Crippen LogP contribution in [0, 0.1) is 11.8 Å². The largest absolute Gasteiger partial charge is 0.457 e. The summed E-state index contributed by atoms with van der Waals surface area (Å²) in [5.41, 5.74) is 0.992. The van der Waals surface area contributed by atoms with Gasteiger partial charge >= 0.3 is 5.97 Å². The highest BCUT2D eigenvalue weighted by molar-refractivity contribution is 9.11. The van der Waals surface area contributed by atoms with Gasteiger partial charge in [0.25, 0.3) is 0 Å². The van der Waals surface area contributed by atoms with Gasteiger partial charge in [0, 0.05) is 46.5 Å². The van der Waals surface area contributed by atoms with Crippen LogP contribution in [-0.2, 0) is 38.0 Å². The molecule has 3 heterocycles. The molecule has 3 aliphatic rings. The minimum Gasteiger partial charge on any atom is -0.457 e. The number of halogens is 1. The van der Waals surface area contributed by atoms with Gasteiger partial charge in [0.15, 0.2) is 12.1 Å². The van der Waals surface area contributed by atoms with Crippen molar-refractivity contribution in [1.29, 1.82) is 0 Å². The molecule has 2 bridgehead atoms. The number of fused-ring (bicyclic) bond motifs is 2. The molecule has 2 fully saturated rings. The minimum atomic E-state index is -1.88. The second-order valence-corrected chi connectivity index (χ2v) is 11.5. The Morgan fingerprint density at radius 1 is 1.10 bits per heavy atom. The molecule has 0 aromatic rings. The molecule has 0 aromatic heterocycles. The number of carbonyl (C=O) groups excluding carboxylic acids is 1. The molecule has 40 heavy (non-hydrogen) atoms. The fourth-order valence-electron chi connectivity index (χ4n) is 5.68. The number of hydrogen-bond donors (Lipinski definition) is 2. The smallest absolute Gasteiger partial charge is 0.314 e. The molecule has 0 aliphatic carbocycles. The van der Waals surface area contributed by atoms with Crippen molar-refractivity contribution in [2.45, 2.75) is 108 Å². The third-order valence-electron chi connectivity index (χ3n) is 8.20. The van der Waals surface area contributed by atoms with Gasteiger partial charge < -0.3 is 43.4 Å². The highest BCUT2D eigenvalue weighted by Crippen LogP contribution is 2.42. The van der Waals surface area contributed by atoms with E-state index in [0.29, 0.717) is 12.8 Å². The molecular weight excluding hydrogens is 588 g/mol. The van der Waals surface area contributed by atoms with Gasteiger partial charge in [-0.1, -0.05) is 46.7 Å². The Morgan fingerprint density at radius 3 is 2.42 bits per heavy atom. The topological polar surface area (TPSA) is 122 Å². The number of rotatable bonds is 7. The molecule has 10 nitrogen and oxygen atoms in total. The first-order valence-electron chi connectivity index (χ1n) is 13.8. The third-order valence-corrected chi connectivity index (χ3v) is 8.50. The number of ether oxygens (including phenoxy) is 7. The lowest BCUT2D eigenvalue weighted by atomic mass is 9.81. The summed E-state index contributed by atoms with van der Waals surface area (Å²) in [6.07, 6.45) is 2.45. The lowest BCUT2D eigenvalue weighted by Gasteiger charge is -2.49. The first kappa shape index (κ1) is 33.4. The molecule has 0 aromatic carbocycles. The second-order valence-electron chi connectivity index (χ2n) is 11.0. The summed E-state index contributed by atoms with van der Waals surface area (Å²) >= 11 is 3.23. The number of allylic oxidation sites excluding steroid dienone is 2. The zero-order chi connectivity index (χ0) is 29.6. The van der Waals surface area contributed by atoms with E-state index in [1.165, 1.54) is 14.2 Å². The van der Waals surface area contributed by atoms with Gasteiger partial charge in [-0.2, -0.15) is 0 Å². The van der Waals surface area contributed by atoms with Gasteiger partial charge in [0.2, 0.25) is 0 Å². The molecule has 2 saturated heterocycles. The van der Waals surface area contributed by atoms with Crippen LogP contribution >= 0.6 is 15.9 Å². The van der Waals surface area contributed by atoms with E-state index in [2.05, 4.69) is 15.9 Å². The summed E-state index contributed by atoms with van der Waals surface area (Å²) in [6.45, 7) is 7.32. The molecule has 12 atom stereocenters. The van der Waals surface area contributed by atoms with Gasteiger partial charge in [-0.05, 0) is 31.8 Å². The highest BCUT2D eigenvalue weighted by Gasteiger charge is 2.53. The van der Waals surface area contributed by atoms with Crippen molar-refractivity contribution in [1.82, 2.24) is 0 Å². The minimum absolute atomic E-state index is 0.0191. The molecule has 2 N–H and O–H groups in total. The van der Waals surface area contributed by atoms with Crippen molar-refractivity contribution in [2.75, 3.05) is 21.3 Å². The zero-order valence-electron chi connectivity index (χ0n) is 24.4. The first-order chi connectivity index (χ1) is 19.0. The van der Waals surface area contributed by atoms with Crippen molar-refractivity contribution >= 4 is 21.9 Å². The third kappa shape index (κ3) is 7.81. The Balaban J connectivity index is 1.94. The molecule has 0 radical (unpaired) electrons. The van der Waals surface area contributed by atoms with E-state index in [1.807, 2.05) is 19.9 Å². The molecule has 0 saturated carbocycles. The van der Waals surface area contributed by atoms with Gasteiger partial charge in [-0.15, -0.1) is 0 Å². The number of carbonyl (C=O) groups is 1. The Hall–Kier alpha value is -1.15. The Bertz CT molecular complexity index is 924. The molecule has 0 spiro atoms. The maximum atomic E-state index is 13.3. The first-order valence-corrected chi connectivity index (χ1v) is 14.7. The average molecular weight is 634 g/mol. The summed E-state index contributed by atoms with van der Waals surface area (Å²) < 4.78 is 41.4. The van der Waals surface area contributed by atoms with Crippen LogP contribution in [0.15, 0.2) is 34.9 Å². The van der Waals surface area contributed by atoms with Gasteiger partial charge in [0.1, 0.15) is 30.3 Å². The van der Waals surface area contributed by atoms with Gasteiger partial charge in [0.05, 0.1) is 24.4 Å². The summed E-state index contributed by atoms with van der Waals surface area (Å²) in [5.74, 6) is -3.71.